The Hall–Kier alpha value is -2.34. The summed E-state index contributed by atoms with van der Waals surface area (Å²) in [5.41, 5.74) is 4.36. The third-order valence-electron chi connectivity index (χ3n) is 3.03. The van der Waals surface area contributed by atoms with E-state index in [1.54, 1.807) is 43.3 Å². The second-order valence-corrected chi connectivity index (χ2v) is 5.45. The molecular weight excluding hydrogens is 348 g/mol. The summed E-state index contributed by atoms with van der Waals surface area (Å²) in [6.07, 6.45) is 0. The SMILES string of the molecule is COc1cc(/C(C)=N/NC(=O)c2ccc(Br)cc2)ccc1O. The summed E-state index contributed by atoms with van der Waals surface area (Å²) in [6.45, 7) is 1.76. The molecular formula is C16H15BrN2O3. The fourth-order valence-electron chi connectivity index (χ4n) is 1.77. The number of halogens is 1. The Balaban J connectivity index is 2.12. The number of methoxy groups -OCH3 is 1. The highest BCUT2D eigenvalue weighted by Crippen LogP contribution is 2.26. The molecule has 0 aliphatic carbocycles. The minimum Gasteiger partial charge on any atom is -0.504 e. The summed E-state index contributed by atoms with van der Waals surface area (Å²) < 4.78 is 5.95. The largest absolute Gasteiger partial charge is 0.504 e. The fraction of sp³-hybridized carbons (Fsp3) is 0.125. The summed E-state index contributed by atoms with van der Waals surface area (Å²) in [5.74, 6) is 0.113. The molecule has 0 radical (unpaired) electrons. The molecule has 0 unspecified atom stereocenters. The Bertz CT molecular complexity index is 712. The average molecular weight is 363 g/mol. The van der Waals surface area contributed by atoms with Crippen molar-refractivity contribution in [3.63, 3.8) is 0 Å². The van der Waals surface area contributed by atoms with Crippen LogP contribution < -0.4 is 10.2 Å². The molecule has 0 fully saturated rings. The monoisotopic (exact) mass is 362 g/mol. The molecule has 2 aromatic rings. The number of nitrogens with one attached hydrogen (secondary N) is 1. The summed E-state index contributed by atoms with van der Waals surface area (Å²) in [7, 11) is 1.47. The normalized spacial score (nSPS) is 11.1. The van der Waals surface area contributed by atoms with Crippen LogP contribution in [0.2, 0.25) is 0 Å². The zero-order valence-electron chi connectivity index (χ0n) is 12.1. The van der Waals surface area contributed by atoms with E-state index in [4.69, 9.17) is 4.74 Å². The van der Waals surface area contributed by atoms with Crippen molar-refractivity contribution in [3.8, 4) is 11.5 Å². The van der Waals surface area contributed by atoms with Gasteiger partial charge in [-0.15, -0.1) is 0 Å². The van der Waals surface area contributed by atoms with E-state index in [1.165, 1.54) is 13.2 Å². The van der Waals surface area contributed by atoms with Gasteiger partial charge < -0.3 is 9.84 Å². The van der Waals surface area contributed by atoms with Crippen LogP contribution in [0.25, 0.3) is 0 Å². The van der Waals surface area contributed by atoms with Gasteiger partial charge in [0, 0.05) is 15.6 Å². The Kier molecular flexibility index (Phi) is 5.16. The second kappa shape index (κ2) is 7.09. The summed E-state index contributed by atoms with van der Waals surface area (Å²) in [6, 6.07) is 11.8. The summed E-state index contributed by atoms with van der Waals surface area (Å²) in [4.78, 5) is 12.0. The van der Waals surface area contributed by atoms with Crippen molar-refractivity contribution in [1.82, 2.24) is 5.43 Å². The highest BCUT2D eigenvalue weighted by molar-refractivity contribution is 9.10. The van der Waals surface area contributed by atoms with Crippen LogP contribution in [0, 0.1) is 0 Å². The maximum atomic E-state index is 12.0. The molecule has 2 N–H and O–H groups in total. The molecule has 0 aliphatic heterocycles. The smallest absolute Gasteiger partial charge is 0.271 e. The first-order chi connectivity index (χ1) is 10.5. The van der Waals surface area contributed by atoms with E-state index < -0.39 is 0 Å². The number of carbonyl (C=O) groups excluding carboxylic acids is 1. The first-order valence-electron chi connectivity index (χ1n) is 6.49. The minimum atomic E-state index is -0.294. The lowest BCUT2D eigenvalue weighted by Gasteiger charge is -2.07. The maximum Gasteiger partial charge on any atom is 0.271 e. The Morgan fingerprint density at radius 1 is 1.18 bits per heavy atom. The minimum absolute atomic E-state index is 0.0537. The average Bonchev–Trinajstić information content (AvgIpc) is 2.53. The number of hydrazone groups is 1. The van der Waals surface area contributed by atoms with Gasteiger partial charge in [-0.2, -0.15) is 5.10 Å². The molecule has 6 heteroatoms. The molecule has 2 aromatic carbocycles. The van der Waals surface area contributed by atoms with Gasteiger partial charge in [0.2, 0.25) is 0 Å². The first kappa shape index (κ1) is 16.0. The van der Waals surface area contributed by atoms with Crippen LogP contribution in [-0.4, -0.2) is 23.8 Å². The molecule has 0 aromatic heterocycles. The van der Waals surface area contributed by atoms with Gasteiger partial charge in [0.15, 0.2) is 11.5 Å². The Morgan fingerprint density at radius 2 is 1.82 bits per heavy atom. The fourth-order valence-corrected chi connectivity index (χ4v) is 2.03. The van der Waals surface area contributed by atoms with Gasteiger partial charge in [0.1, 0.15) is 0 Å². The van der Waals surface area contributed by atoms with Gasteiger partial charge in [0.05, 0.1) is 12.8 Å². The van der Waals surface area contributed by atoms with E-state index in [-0.39, 0.29) is 11.7 Å². The van der Waals surface area contributed by atoms with E-state index >= 15 is 0 Å². The number of phenols is 1. The van der Waals surface area contributed by atoms with Gasteiger partial charge in [-0.3, -0.25) is 4.79 Å². The standard InChI is InChI=1S/C16H15BrN2O3/c1-10(12-5-8-14(20)15(9-12)22-2)18-19-16(21)11-3-6-13(17)7-4-11/h3-9,20H,1-2H3,(H,19,21)/b18-10+. The molecule has 114 valence electrons. The van der Waals surface area contributed by atoms with Crippen molar-refractivity contribution < 1.29 is 14.6 Å². The third kappa shape index (κ3) is 3.85. The van der Waals surface area contributed by atoms with E-state index in [0.29, 0.717) is 17.0 Å². The van der Waals surface area contributed by atoms with Crippen LogP contribution in [0.5, 0.6) is 11.5 Å². The zero-order valence-corrected chi connectivity index (χ0v) is 13.7. The topological polar surface area (TPSA) is 70.9 Å². The first-order valence-corrected chi connectivity index (χ1v) is 7.28. The van der Waals surface area contributed by atoms with Gasteiger partial charge in [-0.25, -0.2) is 5.43 Å². The van der Waals surface area contributed by atoms with Crippen molar-refractivity contribution in [2.75, 3.05) is 7.11 Å². The van der Waals surface area contributed by atoms with Crippen molar-refractivity contribution in [3.05, 3.63) is 58.1 Å². The quantitative estimate of drug-likeness (QED) is 0.647. The van der Waals surface area contributed by atoms with E-state index in [0.717, 1.165) is 10.0 Å². The molecule has 2 rings (SSSR count). The maximum absolute atomic E-state index is 12.0. The van der Waals surface area contributed by atoms with E-state index in [2.05, 4.69) is 26.5 Å². The number of aromatic hydroxyl groups is 1. The number of hydrogen-bond donors (Lipinski definition) is 2. The van der Waals surface area contributed by atoms with Crippen LogP contribution in [-0.2, 0) is 0 Å². The van der Waals surface area contributed by atoms with Gasteiger partial charge in [0.25, 0.3) is 5.91 Å². The molecule has 0 aliphatic rings. The van der Waals surface area contributed by atoms with Crippen molar-refractivity contribution in [2.45, 2.75) is 6.92 Å². The summed E-state index contributed by atoms with van der Waals surface area (Å²) >= 11 is 3.32. The predicted molar refractivity (Wildman–Crippen MR) is 88.5 cm³/mol. The lowest BCUT2D eigenvalue weighted by atomic mass is 10.1. The molecule has 0 spiro atoms. The van der Waals surface area contributed by atoms with Crippen LogP contribution >= 0.6 is 15.9 Å². The second-order valence-electron chi connectivity index (χ2n) is 4.53. The lowest BCUT2D eigenvalue weighted by molar-refractivity contribution is 0.0955. The number of benzene rings is 2. The predicted octanol–water partition coefficient (Wildman–Crippen LogP) is 3.32. The van der Waals surface area contributed by atoms with Crippen molar-refractivity contribution in [2.24, 2.45) is 5.10 Å². The molecule has 0 atom stereocenters. The van der Waals surface area contributed by atoms with Gasteiger partial charge >= 0.3 is 0 Å². The molecule has 0 saturated heterocycles. The Morgan fingerprint density at radius 3 is 2.45 bits per heavy atom. The number of nitrogens with zero attached hydrogens (tertiary/aromatic N) is 1. The van der Waals surface area contributed by atoms with E-state index in [9.17, 15) is 9.90 Å². The van der Waals surface area contributed by atoms with Crippen molar-refractivity contribution >= 4 is 27.5 Å². The molecule has 1 amide bonds. The number of carbonyl (C=O) groups is 1. The molecule has 22 heavy (non-hydrogen) atoms. The molecule has 5 nitrogen and oxygen atoms in total. The number of amides is 1. The van der Waals surface area contributed by atoms with E-state index in [1.807, 2.05) is 0 Å². The third-order valence-corrected chi connectivity index (χ3v) is 3.56. The Labute approximate surface area is 136 Å². The van der Waals surface area contributed by atoms with Gasteiger partial charge in [-0.05, 0) is 49.4 Å². The van der Waals surface area contributed by atoms with Gasteiger partial charge in [-0.1, -0.05) is 15.9 Å². The van der Waals surface area contributed by atoms with Crippen LogP contribution in [0.4, 0.5) is 0 Å². The summed E-state index contributed by atoms with van der Waals surface area (Å²) in [5, 5.41) is 13.6. The highest BCUT2D eigenvalue weighted by atomic mass is 79.9. The van der Waals surface area contributed by atoms with Crippen LogP contribution in [0.1, 0.15) is 22.8 Å². The van der Waals surface area contributed by atoms with Crippen LogP contribution in [0.3, 0.4) is 0 Å². The number of phenolic OH excluding ortho intramolecular Hbond substituents is 1. The number of hydrogen-bond acceptors (Lipinski definition) is 4. The molecule has 0 heterocycles. The zero-order chi connectivity index (χ0) is 16.1. The highest BCUT2D eigenvalue weighted by Gasteiger charge is 2.07. The number of ether oxygens (including phenoxy) is 1. The number of rotatable bonds is 4. The molecule has 0 saturated carbocycles. The van der Waals surface area contributed by atoms with Crippen molar-refractivity contribution in [1.29, 1.82) is 0 Å². The lowest BCUT2D eigenvalue weighted by Crippen LogP contribution is -2.19. The molecule has 0 bridgehead atoms. The van der Waals surface area contributed by atoms with Crippen LogP contribution in [0.15, 0.2) is 52.0 Å².